The monoisotopic (exact) mass is 338 g/mol. The van der Waals surface area contributed by atoms with Crippen LogP contribution in [0.4, 0.5) is 0 Å². The lowest BCUT2D eigenvalue weighted by Gasteiger charge is -2.28. The molecule has 0 saturated heterocycles. The van der Waals surface area contributed by atoms with Crippen LogP contribution >= 0.6 is 0 Å². The van der Waals surface area contributed by atoms with Gasteiger partial charge in [-0.25, -0.2) is 0 Å². The van der Waals surface area contributed by atoms with Crippen LogP contribution in [0, 0.1) is 0 Å². The Balaban J connectivity index is 1.80. The van der Waals surface area contributed by atoms with Crippen LogP contribution in [-0.4, -0.2) is 29.6 Å². The van der Waals surface area contributed by atoms with Crippen molar-refractivity contribution in [1.29, 1.82) is 0 Å². The first-order chi connectivity index (χ1) is 12.1. The van der Waals surface area contributed by atoms with Gasteiger partial charge >= 0.3 is 0 Å². The molecule has 130 valence electrons. The van der Waals surface area contributed by atoms with Crippen LogP contribution in [0.1, 0.15) is 31.1 Å². The largest absolute Gasteiger partial charge is 0.497 e. The van der Waals surface area contributed by atoms with Gasteiger partial charge in [-0.05, 0) is 43.7 Å². The number of hydrogen-bond acceptors (Lipinski definition) is 4. The third-order valence-electron chi connectivity index (χ3n) is 4.48. The number of benzene rings is 2. The van der Waals surface area contributed by atoms with Crippen LogP contribution in [-0.2, 0) is 11.2 Å². The van der Waals surface area contributed by atoms with E-state index in [1.165, 1.54) is 0 Å². The van der Waals surface area contributed by atoms with Crippen LogP contribution in [0.25, 0.3) is 11.0 Å². The summed E-state index contributed by atoms with van der Waals surface area (Å²) >= 11 is 0. The molecule has 5 nitrogen and oxygen atoms in total. The molecule has 0 radical (unpaired) electrons. The molecule has 0 fully saturated rings. The van der Waals surface area contributed by atoms with Crippen molar-refractivity contribution in [2.75, 3.05) is 13.7 Å². The highest BCUT2D eigenvalue weighted by molar-refractivity contribution is 5.86. The number of ether oxygens (including phenoxy) is 1. The maximum Gasteiger partial charge on any atom is 0.229 e. The van der Waals surface area contributed by atoms with Crippen LogP contribution in [0.5, 0.6) is 5.75 Å². The summed E-state index contributed by atoms with van der Waals surface area (Å²) in [5.41, 5.74) is 2.42. The molecule has 1 atom stereocenters. The lowest BCUT2D eigenvalue weighted by atomic mass is 10.1. The fourth-order valence-electron chi connectivity index (χ4n) is 3.06. The van der Waals surface area contributed by atoms with Crippen molar-refractivity contribution in [1.82, 2.24) is 10.1 Å². The Morgan fingerprint density at radius 3 is 2.80 bits per heavy atom. The van der Waals surface area contributed by atoms with Crippen molar-refractivity contribution in [3.63, 3.8) is 0 Å². The molecule has 0 N–H and O–H groups in total. The second kappa shape index (κ2) is 7.38. The van der Waals surface area contributed by atoms with Gasteiger partial charge in [-0.1, -0.05) is 29.4 Å². The molecule has 3 aromatic rings. The lowest BCUT2D eigenvalue weighted by Crippen LogP contribution is -2.34. The summed E-state index contributed by atoms with van der Waals surface area (Å²) in [5, 5.41) is 4.96. The molecule has 1 amide bonds. The van der Waals surface area contributed by atoms with E-state index < -0.39 is 0 Å². The number of amides is 1. The number of aromatic nitrogens is 1. The first-order valence-corrected chi connectivity index (χ1v) is 8.40. The smallest absolute Gasteiger partial charge is 0.229 e. The van der Waals surface area contributed by atoms with Crippen LogP contribution in [0.15, 0.2) is 53.1 Å². The summed E-state index contributed by atoms with van der Waals surface area (Å²) in [7, 11) is 1.64. The topological polar surface area (TPSA) is 55.6 Å². The van der Waals surface area contributed by atoms with E-state index in [4.69, 9.17) is 9.26 Å². The fraction of sp³-hybridized carbons (Fsp3) is 0.300. The van der Waals surface area contributed by atoms with Gasteiger partial charge in [-0.15, -0.1) is 0 Å². The van der Waals surface area contributed by atoms with E-state index >= 15 is 0 Å². The zero-order chi connectivity index (χ0) is 17.8. The van der Waals surface area contributed by atoms with Crippen molar-refractivity contribution in [2.24, 2.45) is 0 Å². The Hall–Kier alpha value is -2.82. The van der Waals surface area contributed by atoms with Crippen molar-refractivity contribution in [3.8, 4) is 5.75 Å². The minimum atomic E-state index is -0.0502. The molecule has 1 unspecified atom stereocenters. The summed E-state index contributed by atoms with van der Waals surface area (Å²) in [5.74, 6) is 0.812. The normalized spacial score (nSPS) is 12.1. The van der Waals surface area contributed by atoms with Gasteiger partial charge in [0.25, 0.3) is 0 Å². The number of hydrogen-bond donors (Lipinski definition) is 0. The first-order valence-electron chi connectivity index (χ1n) is 8.40. The third-order valence-corrected chi connectivity index (χ3v) is 4.48. The van der Waals surface area contributed by atoms with Gasteiger partial charge in [0.2, 0.25) is 5.91 Å². The van der Waals surface area contributed by atoms with Gasteiger partial charge in [-0.3, -0.25) is 4.79 Å². The Morgan fingerprint density at radius 1 is 1.24 bits per heavy atom. The van der Waals surface area contributed by atoms with Crippen molar-refractivity contribution in [2.45, 2.75) is 26.3 Å². The van der Waals surface area contributed by atoms with Gasteiger partial charge in [0.15, 0.2) is 5.58 Å². The molecule has 0 aliphatic rings. The molecular formula is C20H22N2O3. The molecule has 0 aliphatic heterocycles. The number of carbonyl (C=O) groups excluding carboxylic acids is 1. The Bertz CT molecular complexity index is 872. The molecule has 0 spiro atoms. The van der Waals surface area contributed by atoms with Crippen LogP contribution in [0.3, 0.4) is 0 Å². The number of methoxy groups -OCH3 is 1. The molecule has 2 aromatic carbocycles. The van der Waals surface area contributed by atoms with Crippen LogP contribution in [0.2, 0.25) is 0 Å². The lowest BCUT2D eigenvalue weighted by molar-refractivity contribution is -0.132. The number of carbonyl (C=O) groups is 1. The highest BCUT2D eigenvalue weighted by atomic mass is 16.5. The molecule has 3 rings (SSSR count). The predicted octanol–water partition coefficient (Wildman–Crippen LogP) is 3.99. The van der Waals surface area contributed by atoms with E-state index in [0.717, 1.165) is 16.7 Å². The summed E-state index contributed by atoms with van der Waals surface area (Å²) in [6.45, 7) is 4.62. The Morgan fingerprint density at radius 2 is 2.04 bits per heavy atom. The third kappa shape index (κ3) is 3.50. The average molecular weight is 338 g/mol. The standard InChI is InChI=1S/C20H22N2O3/c1-4-22(14(2)15-8-7-9-16(12-15)24-3)20(23)13-18-17-10-5-6-11-19(17)25-21-18/h5-12,14H,4,13H2,1-3H3. The number of para-hydroxylation sites is 1. The Labute approximate surface area is 147 Å². The number of fused-ring (bicyclic) bond motifs is 1. The van der Waals surface area contributed by atoms with Gasteiger partial charge in [0.05, 0.1) is 19.6 Å². The zero-order valence-corrected chi connectivity index (χ0v) is 14.7. The summed E-state index contributed by atoms with van der Waals surface area (Å²) < 4.78 is 10.6. The number of nitrogens with zero attached hydrogens (tertiary/aromatic N) is 2. The van der Waals surface area contributed by atoms with Gasteiger partial charge < -0.3 is 14.2 Å². The van der Waals surface area contributed by atoms with Crippen molar-refractivity contribution < 1.29 is 14.1 Å². The molecule has 25 heavy (non-hydrogen) atoms. The average Bonchev–Trinajstić information content (AvgIpc) is 3.05. The summed E-state index contributed by atoms with van der Waals surface area (Å²) in [6.07, 6.45) is 0.221. The van der Waals surface area contributed by atoms with E-state index in [1.54, 1.807) is 7.11 Å². The number of likely N-dealkylation sites (N-methyl/N-ethyl adjacent to an activating group) is 1. The van der Waals surface area contributed by atoms with E-state index in [0.29, 0.717) is 17.8 Å². The predicted molar refractivity (Wildman–Crippen MR) is 96.5 cm³/mol. The van der Waals surface area contributed by atoms with Gasteiger partial charge in [0, 0.05) is 11.9 Å². The van der Waals surface area contributed by atoms with E-state index in [9.17, 15) is 4.79 Å². The minimum Gasteiger partial charge on any atom is -0.497 e. The second-order valence-corrected chi connectivity index (χ2v) is 5.93. The Kier molecular flexibility index (Phi) is 5.03. The molecular weight excluding hydrogens is 316 g/mol. The maximum atomic E-state index is 12.9. The summed E-state index contributed by atoms with van der Waals surface area (Å²) in [4.78, 5) is 14.7. The summed E-state index contributed by atoms with van der Waals surface area (Å²) in [6, 6.07) is 15.4. The molecule has 1 aromatic heterocycles. The maximum absolute atomic E-state index is 12.9. The zero-order valence-electron chi connectivity index (χ0n) is 14.7. The first kappa shape index (κ1) is 17.0. The van der Waals surface area contributed by atoms with Crippen LogP contribution < -0.4 is 4.74 Å². The van der Waals surface area contributed by atoms with E-state index in [-0.39, 0.29) is 18.4 Å². The van der Waals surface area contributed by atoms with Gasteiger partial charge in [-0.2, -0.15) is 0 Å². The molecule has 0 bridgehead atoms. The SMILES string of the molecule is CCN(C(=O)Cc1noc2ccccc12)C(C)c1cccc(OC)c1. The molecule has 0 aliphatic carbocycles. The molecule has 0 saturated carbocycles. The molecule has 1 heterocycles. The van der Waals surface area contributed by atoms with Crippen molar-refractivity contribution >= 4 is 16.9 Å². The number of rotatable bonds is 6. The molecule has 5 heteroatoms. The second-order valence-electron chi connectivity index (χ2n) is 5.93. The fourth-order valence-corrected chi connectivity index (χ4v) is 3.06. The van der Waals surface area contributed by atoms with Gasteiger partial charge in [0.1, 0.15) is 11.4 Å². The van der Waals surface area contributed by atoms with E-state index in [2.05, 4.69) is 5.16 Å². The van der Waals surface area contributed by atoms with Crippen molar-refractivity contribution in [3.05, 3.63) is 59.8 Å². The highest BCUT2D eigenvalue weighted by Gasteiger charge is 2.22. The quantitative estimate of drug-likeness (QED) is 0.682. The highest BCUT2D eigenvalue weighted by Crippen LogP contribution is 2.25. The van der Waals surface area contributed by atoms with E-state index in [1.807, 2.05) is 67.3 Å². The minimum absolute atomic E-state index is 0.0249.